The number of anilines is 1. The van der Waals surface area contributed by atoms with E-state index in [1.807, 2.05) is 46.9 Å². The molecule has 0 unspecified atom stereocenters. The Balaban J connectivity index is 1.32. The SMILES string of the molecule is COc1ccc2nc(NC(=O)CSc3n[nH]c4nc5ccccc5n34)sc2c1. The largest absolute Gasteiger partial charge is 0.497 e. The summed E-state index contributed by atoms with van der Waals surface area (Å²) in [5.74, 6) is 1.49. The highest BCUT2D eigenvalue weighted by Crippen LogP contribution is 2.29. The van der Waals surface area contributed by atoms with Crippen molar-refractivity contribution in [2.24, 2.45) is 0 Å². The van der Waals surface area contributed by atoms with Crippen molar-refractivity contribution in [1.29, 1.82) is 0 Å². The minimum Gasteiger partial charge on any atom is -0.497 e. The van der Waals surface area contributed by atoms with Gasteiger partial charge in [-0.25, -0.2) is 15.1 Å². The van der Waals surface area contributed by atoms with Crippen molar-refractivity contribution in [1.82, 2.24) is 24.6 Å². The van der Waals surface area contributed by atoms with Gasteiger partial charge in [0, 0.05) is 0 Å². The van der Waals surface area contributed by atoms with Gasteiger partial charge in [0.1, 0.15) is 5.75 Å². The summed E-state index contributed by atoms with van der Waals surface area (Å²) >= 11 is 2.76. The zero-order chi connectivity index (χ0) is 19.1. The Morgan fingerprint density at radius 2 is 2.14 bits per heavy atom. The number of aromatic nitrogens is 5. The van der Waals surface area contributed by atoms with Crippen LogP contribution in [-0.2, 0) is 4.79 Å². The summed E-state index contributed by atoms with van der Waals surface area (Å²) in [5.41, 5.74) is 2.66. The number of nitrogens with zero attached hydrogens (tertiary/aromatic N) is 4. The predicted molar refractivity (Wildman–Crippen MR) is 110 cm³/mol. The molecule has 2 aromatic carbocycles. The van der Waals surface area contributed by atoms with Gasteiger partial charge in [0.15, 0.2) is 10.3 Å². The highest BCUT2D eigenvalue weighted by Gasteiger charge is 2.14. The molecular formula is C18H14N6O2S2. The van der Waals surface area contributed by atoms with Crippen LogP contribution in [0.4, 0.5) is 5.13 Å². The molecule has 0 bridgehead atoms. The first kappa shape index (κ1) is 17.0. The van der Waals surface area contributed by atoms with Crippen LogP contribution in [0.1, 0.15) is 0 Å². The van der Waals surface area contributed by atoms with Crippen LogP contribution in [0.5, 0.6) is 5.75 Å². The van der Waals surface area contributed by atoms with Gasteiger partial charge in [0.2, 0.25) is 11.7 Å². The summed E-state index contributed by atoms with van der Waals surface area (Å²) in [5, 5.41) is 11.3. The Labute approximate surface area is 166 Å². The number of amides is 1. The average molecular weight is 410 g/mol. The fourth-order valence-electron chi connectivity index (χ4n) is 2.91. The van der Waals surface area contributed by atoms with Crippen LogP contribution in [0.2, 0.25) is 0 Å². The number of methoxy groups -OCH3 is 1. The maximum Gasteiger partial charge on any atom is 0.236 e. The smallest absolute Gasteiger partial charge is 0.236 e. The second kappa shape index (κ2) is 6.80. The molecule has 0 fully saturated rings. The molecule has 8 nitrogen and oxygen atoms in total. The first-order chi connectivity index (χ1) is 13.7. The average Bonchev–Trinajstić information content (AvgIpc) is 3.38. The third-order valence-corrected chi connectivity index (χ3v) is 6.05. The molecule has 0 spiro atoms. The molecule has 3 heterocycles. The van der Waals surface area contributed by atoms with Crippen molar-refractivity contribution in [2.45, 2.75) is 5.16 Å². The number of hydrogen-bond donors (Lipinski definition) is 2. The number of nitrogens with one attached hydrogen (secondary N) is 2. The second-order valence-electron chi connectivity index (χ2n) is 5.96. The van der Waals surface area contributed by atoms with E-state index in [2.05, 4.69) is 25.5 Å². The van der Waals surface area contributed by atoms with Crippen LogP contribution in [-0.4, -0.2) is 43.3 Å². The van der Waals surface area contributed by atoms with E-state index >= 15 is 0 Å². The molecule has 3 aromatic heterocycles. The van der Waals surface area contributed by atoms with Crippen LogP contribution in [0.25, 0.3) is 27.0 Å². The number of imidazole rings is 1. The molecule has 0 aliphatic carbocycles. The van der Waals surface area contributed by atoms with Gasteiger partial charge in [-0.15, -0.1) is 5.10 Å². The summed E-state index contributed by atoms with van der Waals surface area (Å²) in [6, 6.07) is 13.4. The monoisotopic (exact) mass is 410 g/mol. The van der Waals surface area contributed by atoms with Crippen LogP contribution < -0.4 is 10.1 Å². The van der Waals surface area contributed by atoms with E-state index in [0.717, 1.165) is 27.0 Å². The van der Waals surface area contributed by atoms with Gasteiger partial charge in [-0.2, -0.15) is 0 Å². The molecule has 1 amide bonds. The number of thioether (sulfide) groups is 1. The normalized spacial score (nSPS) is 11.5. The van der Waals surface area contributed by atoms with E-state index < -0.39 is 0 Å². The first-order valence-corrected chi connectivity index (χ1v) is 10.2. The zero-order valence-electron chi connectivity index (χ0n) is 14.7. The number of fused-ring (bicyclic) bond motifs is 4. The van der Waals surface area contributed by atoms with Gasteiger partial charge in [-0.05, 0) is 30.3 Å². The number of hydrogen-bond acceptors (Lipinski definition) is 7. The lowest BCUT2D eigenvalue weighted by molar-refractivity contribution is -0.113. The molecular weight excluding hydrogens is 396 g/mol. The van der Waals surface area contributed by atoms with Crippen molar-refractivity contribution >= 4 is 61.2 Å². The molecule has 0 aliphatic heterocycles. The number of rotatable bonds is 5. The standard InChI is InChI=1S/C18H14N6O2S2/c1-26-10-6-7-12-14(8-10)28-17(20-12)21-15(25)9-27-18-23-22-16-19-11-4-2-3-5-13(11)24(16)18/h2-8H,9H2,1H3,(H,19,22)(H,20,21,25). The number of carbonyl (C=O) groups excluding carboxylic acids is 1. The van der Waals surface area contributed by atoms with E-state index in [1.165, 1.54) is 23.1 Å². The quantitative estimate of drug-likeness (QED) is 0.430. The molecule has 140 valence electrons. The van der Waals surface area contributed by atoms with Gasteiger partial charge in [-0.3, -0.25) is 9.20 Å². The minimum atomic E-state index is -0.142. The lowest BCUT2D eigenvalue weighted by atomic mass is 10.3. The van der Waals surface area contributed by atoms with Crippen LogP contribution in [0.15, 0.2) is 47.6 Å². The molecule has 10 heteroatoms. The van der Waals surface area contributed by atoms with Crippen molar-refractivity contribution in [3.63, 3.8) is 0 Å². The lowest BCUT2D eigenvalue weighted by Crippen LogP contribution is -2.14. The number of para-hydroxylation sites is 2. The third-order valence-electron chi connectivity index (χ3n) is 4.18. The van der Waals surface area contributed by atoms with E-state index in [9.17, 15) is 4.79 Å². The molecule has 0 saturated carbocycles. The maximum atomic E-state index is 12.4. The number of carbonyl (C=O) groups is 1. The van der Waals surface area contributed by atoms with E-state index in [1.54, 1.807) is 7.11 Å². The molecule has 28 heavy (non-hydrogen) atoms. The molecule has 2 N–H and O–H groups in total. The van der Waals surface area contributed by atoms with Crippen molar-refractivity contribution in [3.05, 3.63) is 42.5 Å². The van der Waals surface area contributed by atoms with Crippen LogP contribution >= 0.6 is 23.1 Å². The third kappa shape index (κ3) is 2.96. The molecule has 0 atom stereocenters. The highest BCUT2D eigenvalue weighted by atomic mass is 32.2. The predicted octanol–water partition coefficient (Wildman–Crippen LogP) is 3.56. The summed E-state index contributed by atoms with van der Waals surface area (Å²) in [4.78, 5) is 21.3. The molecule has 5 rings (SSSR count). The highest BCUT2D eigenvalue weighted by molar-refractivity contribution is 7.99. The second-order valence-corrected chi connectivity index (χ2v) is 7.93. The fraction of sp³-hybridized carbons (Fsp3) is 0.111. The fourth-order valence-corrected chi connectivity index (χ4v) is 4.58. The molecule has 5 aromatic rings. The maximum absolute atomic E-state index is 12.4. The molecule has 0 saturated heterocycles. The first-order valence-electron chi connectivity index (χ1n) is 8.40. The number of aromatic amines is 1. The van der Waals surface area contributed by atoms with Gasteiger partial charge in [0.25, 0.3) is 0 Å². The van der Waals surface area contributed by atoms with Crippen molar-refractivity contribution < 1.29 is 9.53 Å². The Hall–Kier alpha value is -3.11. The van der Waals surface area contributed by atoms with E-state index in [4.69, 9.17) is 4.74 Å². The Morgan fingerprint density at radius 3 is 3.04 bits per heavy atom. The summed E-state index contributed by atoms with van der Waals surface area (Å²) < 4.78 is 8.10. The number of benzene rings is 2. The Bertz CT molecular complexity index is 1320. The van der Waals surface area contributed by atoms with E-state index in [0.29, 0.717) is 16.1 Å². The zero-order valence-corrected chi connectivity index (χ0v) is 16.3. The number of H-pyrrole nitrogens is 1. The van der Waals surface area contributed by atoms with Gasteiger partial charge in [0.05, 0.1) is 34.1 Å². The summed E-state index contributed by atoms with van der Waals surface area (Å²) in [7, 11) is 1.62. The van der Waals surface area contributed by atoms with Gasteiger partial charge < -0.3 is 10.1 Å². The Morgan fingerprint density at radius 1 is 1.25 bits per heavy atom. The number of thiazole rings is 1. The van der Waals surface area contributed by atoms with Crippen molar-refractivity contribution in [2.75, 3.05) is 18.2 Å². The topological polar surface area (TPSA) is 97.2 Å². The molecule has 0 radical (unpaired) electrons. The summed E-state index contributed by atoms with van der Waals surface area (Å²) in [6.07, 6.45) is 0. The lowest BCUT2D eigenvalue weighted by Gasteiger charge is -2.00. The van der Waals surface area contributed by atoms with Gasteiger partial charge >= 0.3 is 0 Å². The molecule has 0 aliphatic rings. The van der Waals surface area contributed by atoms with Crippen LogP contribution in [0, 0.1) is 0 Å². The Kier molecular flexibility index (Phi) is 4.14. The van der Waals surface area contributed by atoms with Gasteiger partial charge in [-0.1, -0.05) is 35.2 Å². The number of ether oxygens (including phenoxy) is 1. The van der Waals surface area contributed by atoms with E-state index in [-0.39, 0.29) is 11.7 Å². The minimum absolute atomic E-state index is 0.142. The van der Waals surface area contributed by atoms with Crippen LogP contribution in [0.3, 0.4) is 0 Å². The summed E-state index contributed by atoms with van der Waals surface area (Å²) in [6.45, 7) is 0. The van der Waals surface area contributed by atoms with Crippen molar-refractivity contribution in [3.8, 4) is 5.75 Å².